The van der Waals surface area contributed by atoms with Crippen molar-refractivity contribution in [1.29, 1.82) is 0 Å². The van der Waals surface area contributed by atoms with Crippen molar-refractivity contribution in [2.24, 2.45) is 5.41 Å². The predicted octanol–water partition coefficient (Wildman–Crippen LogP) is 2.60. The zero-order valence-electron chi connectivity index (χ0n) is 11.6. The van der Waals surface area contributed by atoms with Crippen LogP contribution in [0.15, 0.2) is 29.2 Å². The second kappa shape index (κ2) is 6.38. The van der Waals surface area contributed by atoms with E-state index < -0.39 is 31.9 Å². The maximum absolute atomic E-state index is 12.4. The molecule has 0 fully saturated rings. The lowest BCUT2D eigenvalue weighted by molar-refractivity contribution is -0.147. The number of hydrogen-bond acceptors (Lipinski definition) is 4. The van der Waals surface area contributed by atoms with Gasteiger partial charge in [0, 0.05) is 12.2 Å². The quantitative estimate of drug-likeness (QED) is 0.806. The first kappa shape index (κ1) is 17.4. The fraction of sp³-hybridized carbons (Fsp3) is 0.462. The molecular formula is C13H17F2NO4S. The summed E-state index contributed by atoms with van der Waals surface area (Å²) in [7, 11) is -4.61. The van der Waals surface area contributed by atoms with Crippen molar-refractivity contribution in [2.45, 2.75) is 30.9 Å². The van der Waals surface area contributed by atoms with Crippen LogP contribution < -0.4 is 5.32 Å². The fourth-order valence-electron chi connectivity index (χ4n) is 1.51. The highest BCUT2D eigenvalue weighted by Gasteiger charge is 2.31. The Hall–Kier alpha value is -1.70. The molecule has 1 atom stereocenters. The molecule has 1 aromatic carbocycles. The highest BCUT2D eigenvalue weighted by Crippen LogP contribution is 2.24. The number of sulfone groups is 1. The van der Waals surface area contributed by atoms with Crippen LogP contribution in [-0.4, -0.2) is 31.8 Å². The third-order valence-electron chi connectivity index (χ3n) is 3.40. The molecule has 5 nitrogen and oxygen atoms in total. The van der Waals surface area contributed by atoms with Gasteiger partial charge < -0.3 is 10.4 Å². The smallest absolute Gasteiger partial charge is 0.341 e. The largest absolute Gasteiger partial charge is 0.481 e. The molecule has 0 aliphatic carbocycles. The molecule has 0 radical (unpaired) electrons. The number of aliphatic carboxylic acids is 1. The molecule has 0 aliphatic heterocycles. The molecule has 0 spiro atoms. The van der Waals surface area contributed by atoms with Gasteiger partial charge in [-0.25, -0.2) is 8.42 Å². The lowest BCUT2D eigenvalue weighted by atomic mass is 9.87. The van der Waals surface area contributed by atoms with E-state index in [9.17, 15) is 22.0 Å². The summed E-state index contributed by atoms with van der Waals surface area (Å²) < 4.78 is 47.2. The number of anilines is 1. The fourth-order valence-corrected chi connectivity index (χ4v) is 2.24. The normalized spacial score (nSPS) is 14.7. The van der Waals surface area contributed by atoms with Gasteiger partial charge in [-0.2, -0.15) is 8.78 Å². The Labute approximate surface area is 121 Å². The van der Waals surface area contributed by atoms with Crippen molar-refractivity contribution < 1.29 is 27.1 Å². The summed E-state index contributed by atoms with van der Waals surface area (Å²) in [6, 6.07) is 4.78. The lowest BCUT2D eigenvalue weighted by Crippen LogP contribution is -2.34. The van der Waals surface area contributed by atoms with E-state index in [2.05, 4.69) is 5.32 Å². The van der Waals surface area contributed by atoms with Crippen molar-refractivity contribution in [3.8, 4) is 0 Å². The van der Waals surface area contributed by atoms with Crippen LogP contribution in [0.4, 0.5) is 14.5 Å². The lowest BCUT2D eigenvalue weighted by Gasteiger charge is -2.23. The minimum Gasteiger partial charge on any atom is -0.481 e. The Bertz CT molecular complexity index is 601. The number of benzene rings is 1. The van der Waals surface area contributed by atoms with Gasteiger partial charge in [0.2, 0.25) is 9.84 Å². The molecule has 118 valence electrons. The SMILES string of the molecule is CCC(C)(CNc1ccc(S(=O)(=O)C(F)F)cc1)C(=O)O. The van der Waals surface area contributed by atoms with E-state index in [1.165, 1.54) is 12.1 Å². The number of rotatable bonds is 7. The maximum atomic E-state index is 12.4. The summed E-state index contributed by atoms with van der Waals surface area (Å²) >= 11 is 0. The maximum Gasteiger partial charge on any atom is 0.341 e. The summed E-state index contributed by atoms with van der Waals surface area (Å²) in [5, 5.41) is 12.0. The van der Waals surface area contributed by atoms with Crippen LogP contribution in [0.1, 0.15) is 20.3 Å². The van der Waals surface area contributed by atoms with E-state index in [0.717, 1.165) is 12.1 Å². The number of carboxylic acids is 1. The summed E-state index contributed by atoms with van der Waals surface area (Å²) in [6.45, 7) is 3.46. The van der Waals surface area contributed by atoms with Gasteiger partial charge in [0.1, 0.15) is 0 Å². The molecule has 1 unspecified atom stereocenters. The minimum atomic E-state index is -4.61. The number of hydrogen-bond donors (Lipinski definition) is 2. The zero-order valence-corrected chi connectivity index (χ0v) is 12.5. The van der Waals surface area contributed by atoms with Crippen LogP contribution in [0.3, 0.4) is 0 Å². The standard InChI is InChI=1S/C13H17F2NO4S/c1-3-13(2,11(17)18)8-16-9-4-6-10(7-5-9)21(19,20)12(14)15/h4-7,12,16H,3,8H2,1-2H3,(H,17,18). The van der Waals surface area contributed by atoms with E-state index in [4.69, 9.17) is 5.11 Å². The van der Waals surface area contributed by atoms with Gasteiger partial charge in [-0.1, -0.05) is 6.92 Å². The second-order valence-electron chi connectivity index (χ2n) is 4.90. The minimum absolute atomic E-state index is 0.139. The van der Waals surface area contributed by atoms with Crippen LogP contribution in [0.2, 0.25) is 0 Å². The molecule has 0 heterocycles. The molecule has 8 heteroatoms. The summed E-state index contributed by atoms with van der Waals surface area (Å²) in [4.78, 5) is 10.7. The van der Waals surface area contributed by atoms with Gasteiger partial charge in [0.05, 0.1) is 10.3 Å². The van der Waals surface area contributed by atoms with Gasteiger partial charge in [0.25, 0.3) is 0 Å². The summed E-state index contributed by atoms with van der Waals surface area (Å²) in [5.74, 6) is -4.42. The predicted molar refractivity (Wildman–Crippen MR) is 74.2 cm³/mol. The average Bonchev–Trinajstić information content (AvgIpc) is 2.44. The van der Waals surface area contributed by atoms with E-state index in [1.54, 1.807) is 13.8 Å². The van der Waals surface area contributed by atoms with E-state index in [1.807, 2.05) is 0 Å². The van der Waals surface area contributed by atoms with Crippen LogP contribution in [-0.2, 0) is 14.6 Å². The van der Waals surface area contributed by atoms with Crippen molar-refractivity contribution in [3.05, 3.63) is 24.3 Å². The highest BCUT2D eigenvalue weighted by atomic mass is 32.2. The molecule has 0 amide bonds. The molecule has 0 saturated carbocycles. The third kappa shape index (κ3) is 3.90. The van der Waals surface area contributed by atoms with Crippen LogP contribution in [0.5, 0.6) is 0 Å². The molecule has 1 rings (SSSR count). The van der Waals surface area contributed by atoms with Crippen molar-refractivity contribution >= 4 is 21.5 Å². The first-order chi connectivity index (χ1) is 9.63. The van der Waals surface area contributed by atoms with E-state index in [0.29, 0.717) is 12.1 Å². The van der Waals surface area contributed by atoms with Crippen LogP contribution >= 0.6 is 0 Å². The monoisotopic (exact) mass is 321 g/mol. The molecule has 0 saturated heterocycles. The average molecular weight is 321 g/mol. The van der Waals surface area contributed by atoms with E-state index >= 15 is 0 Å². The van der Waals surface area contributed by atoms with Crippen molar-refractivity contribution in [1.82, 2.24) is 0 Å². The second-order valence-corrected chi connectivity index (χ2v) is 6.82. The zero-order chi connectivity index (χ0) is 16.3. The molecule has 0 aliphatic rings. The molecule has 1 aromatic rings. The van der Waals surface area contributed by atoms with Crippen molar-refractivity contribution in [2.75, 3.05) is 11.9 Å². The summed E-state index contributed by atoms with van der Waals surface area (Å²) in [5.41, 5.74) is -0.502. The number of alkyl halides is 2. The number of nitrogens with one attached hydrogen (secondary N) is 1. The highest BCUT2D eigenvalue weighted by molar-refractivity contribution is 7.91. The Balaban J connectivity index is 2.83. The first-order valence-corrected chi connectivity index (χ1v) is 7.77. The van der Waals surface area contributed by atoms with Gasteiger partial charge in [0.15, 0.2) is 0 Å². The van der Waals surface area contributed by atoms with Gasteiger partial charge >= 0.3 is 11.7 Å². The van der Waals surface area contributed by atoms with Crippen LogP contribution in [0, 0.1) is 5.41 Å². The molecule has 21 heavy (non-hydrogen) atoms. The Kier molecular flexibility index (Phi) is 5.27. The van der Waals surface area contributed by atoms with Gasteiger partial charge in [-0.3, -0.25) is 4.79 Å². The first-order valence-electron chi connectivity index (χ1n) is 6.23. The summed E-state index contributed by atoms with van der Waals surface area (Å²) in [6.07, 6.45) is 0.410. The Morgan fingerprint density at radius 1 is 1.33 bits per heavy atom. The molecular weight excluding hydrogens is 304 g/mol. The topological polar surface area (TPSA) is 83.5 Å². The van der Waals surface area contributed by atoms with Gasteiger partial charge in [-0.15, -0.1) is 0 Å². The molecule has 2 N–H and O–H groups in total. The molecule has 0 bridgehead atoms. The molecule has 0 aromatic heterocycles. The third-order valence-corrected chi connectivity index (χ3v) is 4.80. The Morgan fingerprint density at radius 3 is 2.24 bits per heavy atom. The number of carboxylic acid groups (broad SMARTS) is 1. The van der Waals surface area contributed by atoms with Gasteiger partial charge in [-0.05, 0) is 37.6 Å². The van der Waals surface area contributed by atoms with E-state index in [-0.39, 0.29) is 6.54 Å². The number of carbonyl (C=O) groups is 1. The van der Waals surface area contributed by atoms with Crippen molar-refractivity contribution in [3.63, 3.8) is 0 Å². The van der Waals surface area contributed by atoms with Crippen LogP contribution in [0.25, 0.3) is 0 Å². The number of halogens is 2. The Morgan fingerprint density at radius 2 is 1.86 bits per heavy atom.